The Morgan fingerprint density at radius 1 is 1.07 bits per heavy atom. The van der Waals surface area contributed by atoms with Crippen LogP contribution >= 0.6 is 11.6 Å². The first-order valence-corrected chi connectivity index (χ1v) is 10.8. The van der Waals surface area contributed by atoms with Crippen LogP contribution in [-0.4, -0.2) is 37.9 Å². The summed E-state index contributed by atoms with van der Waals surface area (Å²) >= 11 is 6.01. The van der Waals surface area contributed by atoms with Gasteiger partial charge in [0.2, 0.25) is 10.0 Å². The van der Waals surface area contributed by atoms with Crippen LogP contribution in [0.15, 0.2) is 41.3 Å². The molecule has 0 saturated carbocycles. The monoisotopic (exact) mass is 442 g/mol. The number of amides is 1. The van der Waals surface area contributed by atoms with Crippen molar-refractivity contribution in [3.8, 4) is 0 Å². The zero-order valence-electron chi connectivity index (χ0n) is 15.1. The molecule has 4 rings (SSSR count). The quantitative estimate of drug-likeness (QED) is 0.722. The van der Waals surface area contributed by atoms with Gasteiger partial charge in [-0.05, 0) is 49.2 Å². The summed E-state index contributed by atoms with van der Waals surface area (Å²) in [6.45, 7) is 0.253. The van der Waals surface area contributed by atoms with Crippen molar-refractivity contribution in [1.29, 1.82) is 0 Å². The molecule has 2 aromatic carbocycles. The molecule has 0 aromatic heterocycles. The number of carbonyl (C=O) groups is 1. The van der Waals surface area contributed by atoms with Crippen molar-refractivity contribution in [2.24, 2.45) is 0 Å². The maximum Gasteiger partial charge on any atom is 0.414 e. The Labute approximate surface area is 171 Å². The van der Waals surface area contributed by atoms with Crippen LogP contribution in [0, 0.1) is 11.6 Å². The van der Waals surface area contributed by atoms with Crippen LogP contribution in [0.2, 0.25) is 5.02 Å². The molecule has 0 aliphatic carbocycles. The smallest absolute Gasteiger partial charge is 0.414 e. The van der Waals surface area contributed by atoms with Crippen LogP contribution in [0.5, 0.6) is 0 Å². The molecule has 0 bridgehead atoms. The molecule has 0 radical (unpaired) electrons. The standard InChI is InChI=1S/C19H17ClF2N2O4S/c20-13-1-4-17-12(9-13)11-28-19(25)24(17)15-5-7-23(8-6-15)29(26,27)18-10-14(21)2-3-16(18)22/h1-4,9-10,15H,5-8,11H2. The molecule has 154 valence electrons. The summed E-state index contributed by atoms with van der Waals surface area (Å²) in [5.41, 5.74) is 1.46. The fourth-order valence-electron chi connectivity index (χ4n) is 3.71. The van der Waals surface area contributed by atoms with E-state index in [2.05, 4.69) is 0 Å². The largest absolute Gasteiger partial charge is 0.444 e. The fraction of sp³-hybridized carbons (Fsp3) is 0.316. The molecular weight excluding hydrogens is 426 g/mol. The van der Waals surface area contributed by atoms with E-state index in [0.29, 0.717) is 29.6 Å². The molecule has 0 atom stereocenters. The highest BCUT2D eigenvalue weighted by molar-refractivity contribution is 7.89. The van der Waals surface area contributed by atoms with Gasteiger partial charge in [0.1, 0.15) is 23.1 Å². The third-order valence-electron chi connectivity index (χ3n) is 5.15. The van der Waals surface area contributed by atoms with Gasteiger partial charge in [-0.1, -0.05) is 11.6 Å². The van der Waals surface area contributed by atoms with Crippen molar-refractivity contribution >= 4 is 33.4 Å². The minimum atomic E-state index is -4.18. The number of anilines is 1. The maximum atomic E-state index is 14.0. The third kappa shape index (κ3) is 3.70. The van der Waals surface area contributed by atoms with Gasteiger partial charge < -0.3 is 4.74 Å². The molecule has 0 spiro atoms. The van der Waals surface area contributed by atoms with E-state index in [4.69, 9.17) is 16.3 Å². The molecule has 1 amide bonds. The average molecular weight is 443 g/mol. The normalized spacial score (nSPS) is 18.4. The molecule has 2 aliphatic heterocycles. The van der Waals surface area contributed by atoms with Crippen molar-refractivity contribution in [3.63, 3.8) is 0 Å². The van der Waals surface area contributed by atoms with E-state index in [0.717, 1.165) is 22.0 Å². The Morgan fingerprint density at radius 3 is 2.52 bits per heavy atom. The summed E-state index contributed by atoms with van der Waals surface area (Å²) in [5.74, 6) is -1.83. The number of hydrogen-bond acceptors (Lipinski definition) is 4. The molecule has 6 nitrogen and oxygen atoms in total. The number of halogens is 3. The summed E-state index contributed by atoms with van der Waals surface area (Å²) in [4.78, 5) is 13.2. The fourth-order valence-corrected chi connectivity index (χ4v) is 5.45. The molecule has 2 aliphatic rings. The van der Waals surface area contributed by atoms with Crippen molar-refractivity contribution in [1.82, 2.24) is 4.31 Å². The second-order valence-corrected chi connectivity index (χ2v) is 9.25. The van der Waals surface area contributed by atoms with E-state index in [-0.39, 0.29) is 25.7 Å². The SMILES string of the molecule is O=C1OCc2cc(Cl)ccc2N1C1CCN(S(=O)(=O)c2cc(F)ccc2F)CC1. The number of rotatable bonds is 3. The highest BCUT2D eigenvalue weighted by atomic mass is 35.5. The first-order valence-electron chi connectivity index (χ1n) is 8.97. The topological polar surface area (TPSA) is 66.9 Å². The Balaban J connectivity index is 1.54. The Bertz CT molecular complexity index is 1070. The molecular formula is C19H17ClF2N2O4S. The number of carbonyl (C=O) groups excluding carboxylic acids is 1. The molecule has 1 saturated heterocycles. The van der Waals surface area contributed by atoms with Gasteiger partial charge in [0.05, 0.1) is 5.69 Å². The predicted octanol–water partition coefficient (Wildman–Crippen LogP) is 3.93. The molecule has 1 fully saturated rings. The van der Waals surface area contributed by atoms with E-state index in [9.17, 15) is 22.0 Å². The number of hydrogen-bond donors (Lipinski definition) is 0. The highest BCUT2D eigenvalue weighted by Gasteiger charge is 2.37. The zero-order chi connectivity index (χ0) is 20.8. The van der Waals surface area contributed by atoms with E-state index in [1.54, 1.807) is 18.2 Å². The van der Waals surface area contributed by atoms with Crippen molar-refractivity contribution < 1.29 is 26.7 Å². The second kappa shape index (κ2) is 7.55. The highest BCUT2D eigenvalue weighted by Crippen LogP contribution is 2.34. The second-order valence-electron chi connectivity index (χ2n) is 6.91. The molecule has 2 aromatic rings. The van der Waals surface area contributed by atoms with Gasteiger partial charge in [-0.15, -0.1) is 0 Å². The lowest BCUT2D eigenvalue weighted by Gasteiger charge is -2.39. The zero-order valence-corrected chi connectivity index (χ0v) is 16.7. The van der Waals surface area contributed by atoms with Crippen LogP contribution in [-0.2, 0) is 21.4 Å². The van der Waals surface area contributed by atoms with Crippen LogP contribution in [0.3, 0.4) is 0 Å². The molecule has 0 unspecified atom stereocenters. The number of piperidine rings is 1. The van der Waals surface area contributed by atoms with Gasteiger partial charge >= 0.3 is 6.09 Å². The van der Waals surface area contributed by atoms with Crippen molar-refractivity contribution in [3.05, 3.63) is 58.6 Å². The number of cyclic esters (lactones) is 1. The van der Waals surface area contributed by atoms with Gasteiger partial charge in [-0.25, -0.2) is 22.0 Å². The predicted molar refractivity (Wildman–Crippen MR) is 102 cm³/mol. The molecule has 10 heteroatoms. The van der Waals surface area contributed by atoms with Gasteiger partial charge in [-0.2, -0.15) is 4.31 Å². The van der Waals surface area contributed by atoms with E-state index in [1.165, 1.54) is 4.90 Å². The lowest BCUT2D eigenvalue weighted by molar-refractivity contribution is 0.136. The maximum absolute atomic E-state index is 14.0. The van der Waals surface area contributed by atoms with E-state index >= 15 is 0 Å². The van der Waals surface area contributed by atoms with Crippen LogP contribution in [0.25, 0.3) is 0 Å². The summed E-state index contributed by atoms with van der Waals surface area (Å²) in [7, 11) is -4.18. The summed E-state index contributed by atoms with van der Waals surface area (Å²) in [6.07, 6.45) is 0.151. The Morgan fingerprint density at radius 2 is 1.79 bits per heavy atom. The number of fused-ring (bicyclic) bond motifs is 1. The van der Waals surface area contributed by atoms with Crippen LogP contribution in [0.1, 0.15) is 18.4 Å². The van der Waals surface area contributed by atoms with Gasteiger partial charge in [0, 0.05) is 29.7 Å². The summed E-state index contributed by atoms with van der Waals surface area (Å²) in [5, 5.41) is 0.527. The van der Waals surface area contributed by atoms with Crippen LogP contribution in [0.4, 0.5) is 19.3 Å². The minimum Gasteiger partial charge on any atom is -0.444 e. The van der Waals surface area contributed by atoms with Gasteiger partial charge in [0.15, 0.2) is 0 Å². The number of sulfonamides is 1. The number of benzene rings is 2. The van der Waals surface area contributed by atoms with Crippen molar-refractivity contribution in [2.75, 3.05) is 18.0 Å². The first-order chi connectivity index (χ1) is 13.8. The summed E-state index contributed by atoms with van der Waals surface area (Å²) in [6, 6.07) is 7.20. The third-order valence-corrected chi connectivity index (χ3v) is 7.30. The first kappa shape index (κ1) is 20.1. The Kier molecular flexibility index (Phi) is 5.22. The number of nitrogens with zero attached hydrogens (tertiary/aromatic N) is 2. The van der Waals surface area contributed by atoms with Crippen LogP contribution < -0.4 is 4.90 Å². The van der Waals surface area contributed by atoms with E-state index < -0.39 is 32.6 Å². The lowest BCUT2D eigenvalue weighted by Crippen LogP contribution is -2.50. The number of ether oxygens (including phenoxy) is 1. The van der Waals surface area contributed by atoms with Crippen molar-refractivity contribution in [2.45, 2.75) is 30.4 Å². The minimum absolute atomic E-state index is 0.0651. The molecule has 0 N–H and O–H groups in total. The molecule has 2 heterocycles. The molecule has 29 heavy (non-hydrogen) atoms. The lowest BCUT2D eigenvalue weighted by atomic mass is 10.0. The van der Waals surface area contributed by atoms with Gasteiger partial charge in [-0.3, -0.25) is 4.90 Å². The van der Waals surface area contributed by atoms with Gasteiger partial charge in [0.25, 0.3) is 0 Å². The average Bonchev–Trinajstić information content (AvgIpc) is 2.70. The van der Waals surface area contributed by atoms with E-state index in [1.807, 2.05) is 0 Å². The summed E-state index contributed by atoms with van der Waals surface area (Å²) < 4.78 is 59.2. The Hall–Kier alpha value is -2.23.